The van der Waals surface area contributed by atoms with E-state index in [2.05, 4.69) is 18.9 Å². The van der Waals surface area contributed by atoms with E-state index in [0.717, 1.165) is 19.3 Å². The zero-order chi connectivity index (χ0) is 18.6. The van der Waals surface area contributed by atoms with Crippen LogP contribution in [0.3, 0.4) is 0 Å². The summed E-state index contributed by atoms with van der Waals surface area (Å²) >= 11 is 0. The monoisotopic (exact) mass is 418 g/mol. The molecule has 0 bridgehead atoms. The molecular formula is C16H27NaO7S2. The normalized spacial score (nSPS) is 11.7. The molecule has 0 aliphatic rings. The van der Waals surface area contributed by atoms with Gasteiger partial charge in [0.25, 0.3) is 0 Å². The van der Waals surface area contributed by atoms with Gasteiger partial charge in [0, 0.05) is 0 Å². The summed E-state index contributed by atoms with van der Waals surface area (Å²) in [6.45, 7) is 2.03. The van der Waals surface area contributed by atoms with E-state index in [1.807, 2.05) is 0 Å². The van der Waals surface area contributed by atoms with Crippen LogP contribution in [0.5, 0.6) is 5.75 Å². The molecule has 7 nitrogen and oxygen atoms in total. The number of rotatable bonds is 14. The van der Waals surface area contributed by atoms with E-state index < -0.39 is 20.8 Å². The van der Waals surface area contributed by atoms with Gasteiger partial charge in [0.1, 0.15) is 5.75 Å². The van der Waals surface area contributed by atoms with Crippen molar-refractivity contribution in [3.05, 3.63) is 30.3 Å². The number of hydrogen-bond donors (Lipinski definition) is 0. The fourth-order valence-corrected chi connectivity index (χ4v) is 3.88. The van der Waals surface area contributed by atoms with Crippen molar-refractivity contribution in [1.82, 2.24) is 0 Å². The minimum absolute atomic E-state index is 0. The van der Waals surface area contributed by atoms with Crippen LogP contribution in [0.25, 0.3) is 0 Å². The number of unbranched alkanes of at least 4 members (excludes halogenated alkanes) is 7. The molecule has 0 saturated carbocycles. The molecule has 1 rings (SSSR count). The second-order valence-corrected chi connectivity index (χ2v) is 8.16. The third-order valence-electron chi connectivity index (χ3n) is 3.33. The predicted octanol–water partition coefficient (Wildman–Crippen LogP) is 0.845. The third-order valence-corrected chi connectivity index (χ3v) is 5.52. The van der Waals surface area contributed by atoms with Crippen LogP contribution in [-0.2, 0) is 28.6 Å². The molecule has 1 aromatic rings. The molecule has 0 aromatic heterocycles. The topological polar surface area (TPSA) is 96.0 Å². The molecule has 0 amide bonds. The average molecular weight is 419 g/mol. The molecule has 0 N–H and O–H groups in total. The van der Waals surface area contributed by atoms with Crippen molar-refractivity contribution < 1.29 is 59.8 Å². The molecule has 0 saturated heterocycles. The van der Waals surface area contributed by atoms with E-state index in [4.69, 9.17) is 0 Å². The Balaban J connectivity index is 0. The van der Waals surface area contributed by atoms with E-state index in [1.54, 1.807) is 6.07 Å². The summed E-state index contributed by atoms with van der Waals surface area (Å²) in [4.78, 5) is 0. The van der Waals surface area contributed by atoms with Gasteiger partial charge in [0.2, 0.25) is 0 Å². The molecule has 0 aliphatic heterocycles. The van der Waals surface area contributed by atoms with Crippen LogP contribution < -0.4 is 33.7 Å². The van der Waals surface area contributed by atoms with Crippen LogP contribution in [0.2, 0.25) is 0 Å². The van der Waals surface area contributed by atoms with Gasteiger partial charge in [0.15, 0.2) is 0 Å². The summed E-state index contributed by atoms with van der Waals surface area (Å²) in [5.41, 5.74) is 0. The fraction of sp³-hybridized carbons (Fsp3) is 0.625. The van der Waals surface area contributed by atoms with E-state index >= 15 is 0 Å². The Labute approximate surface area is 180 Å². The molecule has 146 valence electrons. The zero-order valence-corrected chi connectivity index (χ0v) is 19.1. The van der Waals surface area contributed by atoms with Gasteiger partial charge in [-0.15, -0.1) is 0 Å². The van der Waals surface area contributed by atoms with Crippen molar-refractivity contribution in [2.45, 2.75) is 58.3 Å². The average Bonchev–Trinajstić information content (AvgIpc) is 2.52. The van der Waals surface area contributed by atoms with Crippen molar-refractivity contribution in [3.8, 4) is 5.75 Å². The Morgan fingerprint density at radius 2 is 1.35 bits per heavy atom. The Morgan fingerprint density at radius 3 is 1.92 bits per heavy atom. The summed E-state index contributed by atoms with van der Waals surface area (Å²) in [6, 6.07) is 7.45. The number of benzene rings is 1. The van der Waals surface area contributed by atoms with Crippen molar-refractivity contribution in [2.24, 2.45) is 0 Å². The summed E-state index contributed by atoms with van der Waals surface area (Å²) in [5, 5.41) is 0. The second-order valence-electron chi connectivity index (χ2n) is 5.58. The summed E-state index contributed by atoms with van der Waals surface area (Å²) in [5.74, 6) is -0.0548. The van der Waals surface area contributed by atoms with Crippen LogP contribution in [0.15, 0.2) is 30.3 Å². The van der Waals surface area contributed by atoms with Gasteiger partial charge in [-0.1, -0.05) is 73.7 Å². The maximum absolute atomic E-state index is 11.6. The Morgan fingerprint density at radius 1 is 0.808 bits per heavy atom. The number of para-hydroxylation sites is 1. The quantitative estimate of drug-likeness (QED) is 0.326. The van der Waals surface area contributed by atoms with Gasteiger partial charge in [0.05, 0.1) is 6.61 Å². The summed E-state index contributed by atoms with van der Waals surface area (Å²) in [6.07, 6.45) is 8.23. The summed E-state index contributed by atoms with van der Waals surface area (Å²) in [7, 11) is -9.44. The standard InChI is InChI=1S/C16H26O7S2.Na.H/c1-2-3-4-5-6-7-8-12-15-21-24(17,18)23-25(19,20)22-16-13-10-9-11-14-16;;/h9-11,13-14H,2-8,12,15H2,1H3;;/q;+1;-1. The van der Waals surface area contributed by atoms with Crippen molar-refractivity contribution in [1.29, 1.82) is 0 Å². The molecule has 0 heterocycles. The first-order chi connectivity index (χ1) is 11.8. The van der Waals surface area contributed by atoms with Crippen LogP contribution >= 0.6 is 0 Å². The van der Waals surface area contributed by atoms with Crippen molar-refractivity contribution >= 4 is 20.8 Å². The molecule has 0 aliphatic carbocycles. The maximum atomic E-state index is 11.6. The van der Waals surface area contributed by atoms with E-state index in [-0.39, 0.29) is 43.3 Å². The molecule has 0 fully saturated rings. The van der Waals surface area contributed by atoms with Crippen molar-refractivity contribution in [2.75, 3.05) is 6.61 Å². The van der Waals surface area contributed by atoms with Gasteiger partial charge in [-0.05, 0) is 18.6 Å². The van der Waals surface area contributed by atoms with Crippen LogP contribution in [0.1, 0.15) is 59.7 Å². The molecule has 1 aromatic carbocycles. The van der Waals surface area contributed by atoms with Gasteiger partial charge >= 0.3 is 50.4 Å². The SMILES string of the molecule is CCCCCCCCCCOS(=O)(=O)OS(=O)(=O)Oc1ccccc1.[H-].[Na+]. The molecule has 26 heavy (non-hydrogen) atoms. The van der Waals surface area contributed by atoms with E-state index in [9.17, 15) is 16.8 Å². The van der Waals surface area contributed by atoms with Crippen molar-refractivity contribution in [3.63, 3.8) is 0 Å². The number of hydrogen-bond acceptors (Lipinski definition) is 7. The first-order valence-corrected chi connectivity index (χ1v) is 11.1. The smallest absolute Gasteiger partial charge is 1.00 e. The van der Waals surface area contributed by atoms with E-state index in [0.29, 0.717) is 6.42 Å². The largest absolute Gasteiger partial charge is 1.00 e. The Hall–Kier alpha value is -0.160. The second kappa shape index (κ2) is 13.9. The third kappa shape index (κ3) is 13.1. The first-order valence-electron chi connectivity index (χ1n) is 8.44. The predicted molar refractivity (Wildman–Crippen MR) is 95.7 cm³/mol. The van der Waals surface area contributed by atoms with Crippen LogP contribution in [0.4, 0.5) is 0 Å². The van der Waals surface area contributed by atoms with Crippen LogP contribution in [0, 0.1) is 0 Å². The van der Waals surface area contributed by atoms with E-state index in [1.165, 1.54) is 49.9 Å². The minimum Gasteiger partial charge on any atom is -1.00 e. The fourth-order valence-electron chi connectivity index (χ4n) is 2.13. The van der Waals surface area contributed by atoms with Gasteiger partial charge < -0.3 is 5.61 Å². The summed E-state index contributed by atoms with van der Waals surface area (Å²) < 4.78 is 59.3. The molecular weight excluding hydrogens is 391 g/mol. The Bertz CT molecular complexity index is 682. The Kier molecular flexibility index (Phi) is 13.8. The zero-order valence-electron chi connectivity index (χ0n) is 16.4. The maximum Gasteiger partial charge on any atom is 1.00 e. The molecule has 0 atom stereocenters. The molecule has 0 radical (unpaired) electrons. The van der Waals surface area contributed by atoms with Gasteiger partial charge in [-0.25, -0.2) is 4.18 Å². The van der Waals surface area contributed by atoms with Gasteiger partial charge in [-0.3, -0.25) is 0 Å². The molecule has 0 spiro atoms. The molecule has 10 heteroatoms. The molecule has 0 unspecified atom stereocenters. The minimum atomic E-state index is -4.77. The van der Waals surface area contributed by atoms with Crippen LogP contribution in [-0.4, -0.2) is 23.4 Å². The first kappa shape index (κ1) is 25.8. The van der Waals surface area contributed by atoms with Gasteiger partial charge in [-0.2, -0.15) is 16.8 Å².